The van der Waals surface area contributed by atoms with Gasteiger partial charge in [0.1, 0.15) is 0 Å². The van der Waals surface area contributed by atoms with E-state index in [4.69, 9.17) is 4.74 Å². The van der Waals surface area contributed by atoms with Crippen molar-refractivity contribution >= 4 is 17.7 Å². The predicted octanol–water partition coefficient (Wildman–Crippen LogP) is 1.63. The van der Waals surface area contributed by atoms with Crippen LogP contribution in [0.25, 0.3) is 0 Å². The smallest absolute Gasteiger partial charge is 0.321 e. The van der Waals surface area contributed by atoms with Crippen LogP contribution in [-0.2, 0) is 25.7 Å². The lowest BCUT2D eigenvalue weighted by Gasteiger charge is -2.45. The topological polar surface area (TPSA) is 66.9 Å². The highest BCUT2D eigenvalue weighted by Crippen LogP contribution is 2.48. The number of ketones is 1. The van der Waals surface area contributed by atoms with Crippen molar-refractivity contribution in [2.75, 3.05) is 21.2 Å². The first-order valence-electron chi connectivity index (χ1n) is 9.01. The van der Waals surface area contributed by atoms with Crippen LogP contribution in [0.1, 0.15) is 31.2 Å². The van der Waals surface area contributed by atoms with Crippen LogP contribution in [0, 0.1) is 5.41 Å². The molecule has 2 saturated heterocycles. The molecule has 0 aliphatic carbocycles. The van der Waals surface area contributed by atoms with E-state index in [0.717, 1.165) is 18.4 Å². The van der Waals surface area contributed by atoms with Crippen LogP contribution in [-0.4, -0.2) is 60.7 Å². The van der Waals surface area contributed by atoms with E-state index in [-0.39, 0.29) is 30.2 Å². The second kappa shape index (κ2) is 7.19. The van der Waals surface area contributed by atoms with E-state index in [1.807, 2.05) is 30.3 Å². The van der Waals surface area contributed by atoms with Gasteiger partial charge in [-0.15, -0.1) is 0 Å². The Balaban J connectivity index is 1.97. The molecule has 2 aliphatic rings. The molecule has 1 aromatic rings. The van der Waals surface area contributed by atoms with Gasteiger partial charge in [0.15, 0.2) is 11.2 Å². The lowest BCUT2D eigenvalue weighted by Crippen LogP contribution is -2.61. The van der Waals surface area contributed by atoms with Crippen LogP contribution in [0.5, 0.6) is 0 Å². The Hall–Kier alpha value is -2.21. The van der Waals surface area contributed by atoms with Crippen LogP contribution in [0.3, 0.4) is 0 Å². The quantitative estimate of drug-likeness (QED) is 0.591. The molecule has 140 valence electrons. The van der Waals surface area contributed by atoms with E-state index < -0.39 is 11.4 Å². The number of hydrogen-bond acceptors (Lipinski definition) is 5. The predicted molar refractivity (Wildman–Crippen MR) is 96.2 cm³/mol. The van der Waals surface area contributed by atoms with Crippen molar-refractivity contribution in [1.82, 2.24) is 9.80 Å². The summed E-state index contributed by atoms with van der Waals surface area (Å²) in [5.74, 6) is -0.966. The van der Waals surface area contributed by atoms with Crippen LogP contribution in [0.4, 0.5) is 0 Å². The van der Waals surface area contributed by atoms with E-state index in [9.17, 15) is 14.4 Å². The van der Waals surface area contributed by atoms with Gasteiger partial charge in [0.25, 0.3) is 0 Å². The number of methoxy groups -OCH3 is 1. The molecular weight excluding hydrogens is 332 g/mol. The average Bonchev–Trinajstić information content (AvgIpc) is 2.94. The molecule has 2 bridgehead atoms. The Morgan fingerprint density at radius 2 is 1.92 bits per heavy atom. The highest BCUT2D eigenvalue weighted by Gasteiger charge is 2.62. The van der Waals surface area contributed by atoms with E-state index >= 15 is 0 Å². The van der Waals surface area contributed by atoms with E-state index in [1.54, 1.807) is 14.1 Å². The van der Waals surface area contributed by atoms with Crippen molar-refractivity contribution in [2.45, 2.75) is 44.3 Å². The summed E-state index contributed by atoms with van der Waals surface area (Å²) in [5.41, 5.74) is -0.269. The Labute approximate surface area is 154 Å². The number of benzene rings is 1. The van der Waals surface area contributed by atoms with Gasteiger partial charge in [-0.1, -0.05) is 30.3 Å². The number of Topliss-reactive ketones (excluding diaryl/α,β-unsaturated/α-hetero) is 1. The number of amides is 1. The Kier molecular flexibility index (Phi) is 5.14. The molecule has 0 N–H and O–H groups in total. The third-order valence-corrected chi connectivity index (χ3v) is 5.82. The standard InChI is InChI=1S/C20H26N2O4/c1-21(2)18(24)12-20(19(25)26-3)16-10-9-15(11-17(20)23)22(16)13-14-7-5-4-6-8-14/h4-8,15-16H,9-13H2,1-3H3. The molecule has 0 radical (unpaired) electrons. The normalized spacial score (nSPS) is 28.0. The minimum Gasteiger partial charge on any atom is -0.468 e. The second-order valence-electron chi connectivity index (χ2n) is 7.46. The largest absolute Gasteiger partial charge is 0.468 e. The van der Waals surface area contributed by atoms with Crippen molar-refractivity contribution in [3.63, 3.8) is 0 Å². The third-order valence-electron chi connectivity index (χ3n) is 5.82. The van der Waals surface area contributed by atoms with Gasteiger partial charge in [-0.05, 0) is 18.4 Å². The molecule has 3 unspecified atom stereocenters. The second-order valence-corrected chi connectivity index (χ2v) is 7.46. The number of rotatable bonds is 5. The number of nitrogens with zero attached hydrogens (tertiary/aromatic N) is 2. The molecule has 26 heavy (non-hydrogen) atoms. The molecule has 1 amide bonds. The summed E-state index contributed by atoms with van der Waals surface area (Å²) in [5, 5.41) is 0. The maximum absolute atomic E-state index is 13.0. The molecule has 3 atom stereocenters. The van der Waals surface area contributed by atoms with Crippen LogP contribution >= 0.6 is 0 Å². The molecule has 6 heteroatoms. The maximum atomic E-state index is 13.0. The van der Waals surface area contributed by atoms with Crippen molar-refractivity contribution in [1.29, 1.82) is 0 Å². The first kappa shape index (κ1) is 18.6. The van der Waals surface area contributed by atoms with Gasteiger partial charge >= 0.3 is 5.97 Å². The number of ether oxygens (including phenoxy) is 1. The number of carbonyl (C=O) groups excluding carboxylic acids is 3. The Morgan fingerprint density at radius 1 is 1.23 bits per heavy atom. The molecule has 0 spiro atoms. The van der Waals surface area contributed by atoms with E-state index in [0.29, 0.717) is 13.0 Å². The molecule has 2 fully saturated rings. The number of carbonyl (C=O) groups is 3. The van der Waals surface area contributed by atoms with Gasteiger partial charge in [0, 0.05) is 39.1 Å². The summed E-state index contributed by atoms with van der Waals surface area (Å²) in [6.45, 7) is 0.665. The molecular formula is C20H26N2O4. The first-order valence-corrected chi connectivity index (χ1v) is 9.01. The first-order chi connectivity index (χ1) is 12.4. The maximum Gasteiger partial charge on any atom is 0.321 e. The van der Waals surface area contributed by atoms with Gasteiger partial charge in [0.2, 0.25) is 5.91 Å². The van der Waals surface area contributed by atoms with E-state index in [2.05, 4.69) is 4.90 Å². The monoisotopic (exact) mass is 358 g/mol. The summed E-state index contributed by atoms with van der Waals surface area (Å²) in [6.07, 6.45) is 1.74. The van der Waals surface area contributed by atoms with Crippen LogP contribution in [0.2, 0.25) is 0 Å². The van der Waals surface area contributed by atoms with Gasteiger partial charge in [-0.25, -0.2) is 0 Å². The summed E-state index contributed by atoms with van der Waals surface area (Å²) in [6, 6.07) is 9.84. The highest BCUT2D eigenvalue weighted by atomic mass is 16.5. The zero-order valence-electron chi connectivity index (χ0n) is 15.6. The van der Waals surface area contributed by atoms with Crippen molar-refractivity contribution in [2.24, 2.45) is 5.41 Å². The highest BCUT2D eigenvalue weighted by molar-refractivity contribution is 6.08. The Morgan fingerprint density at radius 3 is 2.54 bits per heavy atom. The fourth-order valence-corrected chi connectivity index (χ4v) is 4.42. The van der Waals surface area contributed by atoms with Gasteiger partial charge in [-0.3, -0.25) is 19.3 Å². The minimum absolute atomic E-state index is 0.125. The number of esters is 1. The summed E-state index contributed by atoms with van der Waals surface area (Å²) < 4.78 is 5.04. The van der Waals surface area contributed by atoms with Crippen molar-refractivity contribution in [3.8, 4) is 0 Å². The third kappa shape index (κ3) is 3.03. The molecule has 6 nitrogen and oxygen atoms in total. The molecule has 3 rings (SSSR count). The molecule has 1 aromatic carbocycles. The van der Waals surface area contributed by atoms with Crippen molar-refractivity contribution in [3.05, 3.63) is 35.9 Å². The molecule has 2 aliphatic heterocycles. The van der Waals surface area contributed by atoms with Gasteiger partial charge in [0.05, 0.1) is 13.5 Å². The van der Waals surface area contributed by atoms with Gasteiger partial charge < -0.3 is 9.64 Å². The number of fused-ring (bicyclic) bond motifs is 2. The summed E-state index contributed by atoms with van der Waals surface area (Å²) >= 11 is 0. The summed E-state index contributed by atoms with van der Waals surface area (Å²) in [4.78, 5) is 42.0. The molecule has 2 heterocycles. The number of hydrogen-bond donors (Lipinski definition) is 0. The zero-order valence-corrected chi connectivity index (χ0v) is 15.6. The van der Waals surface area contributed by atoms with Crippen LogP contribution < -0.4 is 0 Å². The lowest BCUT2D eigenvalue weighted by molar-refractivity contribution is -0.170. The van der Waals surface area contributed by atoms with Crippen molar-refractivity contribution < 1.29 is 19.1 Å². The molecule has 0 saturated carbocycles. The average molecular weight is 358 g/mol. The summed E-state index contributed by atoms with van der Waals surface area (Å²) in [7, 11) is 4.57. The molecule has 0 aromatic heterocycles. The minimum atomic E-state index is -1.40. The lowest BCUT2D eigenvalue weighted by atomic mass is 9.69. The SMILES string of the molecule is COC(=O)C1(CC(=O)N(C)C)C(=O)CC2CCC1N2Cc1ccccc1. The number of piperidine rings is 1. The fraction of sp³-hybridized carbons (Fsp3) is 0.550. The fourth-order valence-electron chi connectivity index (χ4n) is 4.42. The van der Waals surface area contributed by atoms with Gasteiger partial charge in [-0.2, -0.15) is 0 Å². The van der Waals surface area contributed by atoms with E-state index in [1.165, 1.54) is 12.0 Å². The zero-order chi connectivity index (χ0) is 18.9. The Bertz CT molecular complexity index is 703. The van der Waals surface area contributed by atoms with Crippen LogP contribution in [0.15, 0.2) is 30.3 Å².